The van der Waals surface area contributed by atoms with Crippen LogP contribution in [0.4, 0.5) is 0 Å². The molecule has 0 unspecified atom stereocenters. The standard InChI is InChI=1S/C13H21BrO3/c1-13(14,12(15)16-2)11-8-7-9-5-3-4-6-10(9)17-11/h9-11H,3-8H2,1-2H3/t9-,10+,11-,13+/m0/s1. The number of hydrogen-bond donors (Lipinski definition) is 0. The van der Waals surface area contributed by atoms with Crippen molar-refractivity contribution in [2.24, 2.45) is 5.92 Å². The summed E-state index contributed by atoms with van der Waals surface area (Å²) in [5.41, 5.74) is 0. The molecule has 98 valence electrons. The van der Waals surface area contributed by atoms with Gasteiger partial charge in [-0.25, -0.2) is 0 Å². The lowest BCUT2D eigenvalue weighted by molar-refractivity contribution is -0.156. The highest BCUT2D eigenvalue weighted by Gasteiger charge is 2.45. The van der Waals surface area contributed by atoms with Crippen molar-refractivity contribution in [1.29, 1.82) is 0 Å². The van der Waals surface area contributed by atoms with Crippen LogP contribution in [0.25, 0.3) is 0 Å². The first-order valence-corrected chi connectivity index (χ1v) is 7.27. The Bertz CT molecular complexity index is 290. The molecule has 3 nitrogen and oxygen atoms in total. The lowest BCUT2D eigenvalue weighted by Crippen LogP contribution is -2.49. The van der Waals surface area contributed by atoms with Crippen LogP contribution in [0.3, 0.4) is 0 Å². The van der Waals surface area contributed by atoms with E-state index in [9.17, 15) is 4.79 Å². The van der Waals surface area contributed by atoms with Crippen LogP contribution in [0, 0.1) is 5.92 Å². The maximum atomic E-state index is 11.7. The maximum Gasteiger partial charge on any atom is 0.325 e. The Morgan fingerprint density at radius 3 is 2.71 bits per heavy atom. The van der Waals surface area contributed by atoms with E-state index in [2.05, 4.69) is 15.9 Å². The van der Waals surface area contributed by atoms with Crippen molar-refractivity contribution in [2.75, 3.05) is 7.11 Å². The summed E-state index contributed by atoms with van der Waals surface area (Å²) in [6, 6.07) is 0. The fourth-order valence-corrected chi connectivity index (χ4v) is 3.56. The number of carbonyl (C=O) groups is 1. The van der Waals surface area contributed by atoms with E-state index >= 15 is 0 Å². The zero-order valence-electron chi connectivity index (χ0n) is 10.6. The minimum Gasteiger partial charge on any atom is -0.468 e. The molecule has 0 bridgehead atoms. The van der Waals surface area contributed by atoms with Gasteiger partial charge in [0, 0.05) is 0 Å². The van der Waals surface area contributed by atoms with E-state index in [0.29, 0.717) is 12.0 Å². The second-order valence-corrected chi connectivity index (χ2v) is 7.00. The van der Waals surface area contributed by atoms with E-state index < -0.39 is 4.32 Å². The molecule has 0 amide bonds. The molecule has 1 aliphatic heterocycles. The Morgan fingerprint density at radius 1 is 1.29 bits per heavy atom. The predicted octanol–water partition coefficient (Wildman–Crippen LogP) is 3.05. The van der Waals surface area contributed by atoms with Gasteiger partial charge in [-0.1, -0.05) is 28.8 Å². The molecule has 2 rings (SSSR count). The number of alkyl halides is 1. The molecule has 0 spiro atoms. The highest BCUT2D eigenvalue weighted by atomic mass is 79.9. The van der Waals surface area contributed by atoms with Crippen LogP contribution in [-0.4, -0.2) is 29.6 Å². The highest BCUT2D eigenvalue weighted by Crippen LogP contribution is 2.41. The van der Waals surface area contributed by atoms with Crippen LogP contribution in [0.1, 0.15) is 45.4 Å². The van der Waals surface area contributed by atoms with Crippen LogP contribution in [0.5, 0.6) is 0 Å². The molecule has 0 aromatic rings. The predicted molar refractivity (Wildman–Crippen MR) is 69.2 cm³/mol. The van der Waals surface area contributed by atoms with Gasteiger partial charge in [0.2, 0.25) is 0 Å². The first-order chi connectivity index (χ1) is 8.05. The number of halogens is 1. The number of esters is 1. The van der Waals surface area contributed by atoms with Gasteiger partial charge in [0.25, 0.3) is 0 Å². The van der Waals surface area contributed by atoms with E-state index in [4.69, 9.17) is 9.47 Å². The quantitative estimate of drug-likeness (QED) is 0.581. The Morgan fingerprint density at radius 2 is 2.00 bits per heavy atom. The monoisotopic (exact) mass is 304 g/mol. The number of hydrogen-bond acceptors (Lipinski definition) is 3. The van der Waals surface area contributed by atoms with Crippen LogP contribution < -0.4 is 0 Å². The van der Waals surface area contributed by atoms with E-state index in [1.807, 2.05) is 6.92 Å². The van der Waals surface area contributed by atoms with E-state index in [1.54, 1.807) is 0 Å². The van der Waals surface area contributed by atoms with Gasteiger partial charge in [0.15, 0.2) is 0 Å². The van der Waals surface area contributed by atoms with Crippen molar-refractivity contribution in [3.63, 3.8) is 0 Å². The zero-order valence-corrected chi connectivity index (χ0v) is 12.2. The third-order valence-electron chi connectivity index (χ3n) is 4.17. The Labute approximate surface area is 111 Å². The molecule has 0 radical (unpaired) electrons. The lowest BCUT2D eigenvalue weighted by atomic mass is 9.79. The smallest absolute Gasteiger partial charge is 0.325 e. The van der Waals surface area contributed by atoms with Gasteiger partial charge in [-0.15, -0.1) is 0 Å². The van der Waals surface area contributed by atoms with Crippen molar-refractivity contribution < 1.29 is 14.3 Å². The minimum atomic E-state index is -0.704. The first kappa shape index (κ1) is 13.3. The van der Waals surface area contributed by atoms with Gasteiger partial charge < -0.3 is 9.47 Å². The van der Waals surface area contributed by atoms with E-state index in [-0.39, 0.29) is 12.1 Å². The molecule has 0 aromatic heterocycles. The summed E-state index contributed by atoms with van der Waals surface area (Å²) >= 11 is 3.49. The van der Waals surface area contributed by atoms with Gasteiger partial charge in [0.1, 0.15) is 4.32 Å². The number of rotatable bonds is 2. The molecule has 4 atom stereocenters. The fraction of sp³-hybridized carbons (Fsp3) is 0.923. The largest absolute Gasteiger partial charge is 0.468 e. The van der Waals surface area contributed by atoms with Crippen molar-refractivity contribution in [3.05, 3.63) is 0 Å². The van der Waals surface area contributed by atoms with Gasteiger partial charge in [0.05, 0.1) is 19.3 Å². The normalized spacial score (nSPS) is 36.8. The maximum absolute atomic E-state index is 11.7. The Kier molecular flexibility index (Phi) is 4.14. The van der Waals surface area contributed by atoms with Gasteiger partial charge >= 0.3 is 5.97 Å². The molecule has 1 aliphatic carbocycles. The molecule has 4 heteroatoms. The number of fused-ring (bicyclic) bond motifs is 1. The summed E-state index contributed by atoms with van der Waals surface area (Å²) in [4.78, 5) is 11.7. The SMILES string of the molecule is COC(=O)[C@](C)(Br)[C@@H]1CC[C@@H]2CCCC[C@H]2O1. The Balaban J connectivity index is 2.01. The summed E-state index contributed by atoms with van der Waals surface area (Å²) in [6.45, 7) is 1.85. The molecule has 1 saturated heterocycles. The summed E-state index contributed by atoms with van der Waals surface area (Å²) in [5, 5.41) is 0. The Hall–Kier alpha value is -0.0900. The number of methoxy groups -OCH3 is 1. The topological polar surface area (TPSA) is 35.5 Å². The molecule has 2 aliphatic rings. The molecular formula is C13H21BrO3. The van der Waals surface area contributed by atoms with E-state index in [0.717, 1.165) is 12.8 Å². The summed E-state index contributed by atoms with van der Waals surface area (Å²) < 4.78 is 10.3. The van der Waals surface area contributed by atoms with Crippen LogP contribution in [0.15, 0.2) is 0 Å². The van der Waals surface area contributed by atoms with Crippen LogP contribution in [-0.2, 0) is 14.3 Å². The van der Waals surface area contributed by atoms with Crippen molar-refractivity contribution in [3.8, 4) is 0 Å². The van der Waals surface area contributed by atoms with Gasteiger partial charge in [-0.3, -0.25) is 4.79 Å². The third-order valence-corrected chi connectivity index (χ3v) is 5.00. The second-order valence-electron chi connectivity index (χ2n) is 5.35. The van der Waals surface area contributed by atoms with Crippen molar-refractivity contribution in [2.45, 2.75) is 62.0 Å². The average Bonchev–Trinajstić information content (AvgIpc) is 2.37. The van der Waals surface area contributed by atoms with Crippen molar-refractivity contribution >= 4 is 21.9 Å². The molecule has 17 heavy (non-hydrogen) atoms. The molecule has 1 saturated carbocycles. The molecular weight excluding hydrogens is 284 g/mol. The fourth-order valence-electron chi connectivity index (χ4n) is 3.06. The van der Waals surface area contributed by atoms with Crippen LogP contribution >= 0.6 is 15.9 Å². The molecule has 0 aromatic carbocycles. The first-order valence-electron chi connectivity index (χ1n) is 6.48. The van der Waals surface area contributed by atoms with Gasteiger partial charge in [-0.2, -0.15) is 0 Å². The third kappa shape index (κ3) is 2.68. The average molecular weight is 305 g/mol. The summed E-state index contributed by atoms with van der Waals surface area (Å²) in [7, 11) is 1.42. The highest BCUT2D eigenvalue weighted by molar-refractivity contribution is 9.10. The van der Waals surface area contributed by atoms with E-state index in [1.165, 1.54) is 32.8 Å². The molecule has 1 heterocycles. The lowest BCUT2D eigenvalue weighted by Gasteiger charge is -2.43. The minimum absolute atomic E-state index is 0.0608. The van der Waals surface area contributed by atoms with Crippen LogP contribution in [0.2, 0.25) is 0 Å². The summed E-state index contributed by atoms with van der Waals surface area (Å²) in [5.74, 6) is 0.470. The summed E-state index contributed by atoms with van der Waals surface area (Å²) in [6.07, 6.45) is 7.42. The number of ether oxygens (including phenoxy) is 2. The molecule has 2 fully saturated rings. The number of carbonyl (C=O) groups excluding carboxylic acids is 1. The zero-order chi connectivity index (χ0) is 12.5. The second kappa shape index (κ2) is 5.27. The van der Waals surface area contributed by atoms with Gasteiger partial charge in [-0.05, 0) is 38.5 Å². The molecule has 0 N–H and O–H groups in total. The van der Waals surface area contributed by atoms with Crippen molar-refractivity contribution in [1.82, 2.24) is 0 Å².